The van der Waals surface area contributed by atoms with E-state index in [2.05, 4.69) is 5.32 Å². The zero-order valence-corrected chi connectivity index (χ0v) is 12.5. The molecular formula is C13H14ClNO5S. The number of sulfone groups is 1. The van der Waals surface area contributed by atoms with Crippen molar-refractivity contribution < 1.29 is 23.1 Å². The van der Waals surface area contributed by atoms with Gasteiger partial charge in [0.1, 0.15) is 0 Å². The van der Waals surface area contributed by atoms with Gasteiger partial charge in [0, 0.05) is 11.6 Å². The minimum Gasteiger partial charge on any atom is -0.481 e. The molecule has 0 heterocycles. The van der Waals surface area contributed by atoms with Crippen molar-refractivity contribution in [1.29, 1.82) is 0 Å². The first-order valence-electron chi connectivity index (χ1n) is 6.30. The number of benzene rings is 1. The molecule has 1 amide bonds. The normalized spacial score (nSPS) is 20.8. The number of aliphatic carboxylic acids is 1. The second-order valence-corrected chi connectivity index (χ2v) is 7.40. The number of nitrogens with one attached hydrogen (secondary N) is 1. The van der Waals surface area contributed by atoms with Gasteiger partial charge in [0.2, 0.25) is 5.91 Å². The molecule has 0 radical (unpaired) electrons. The van der Waals surface area contributed by atoms with E-state index in [1.54, 1.807) is 0 Å². The summed E-state index contributed by atoms with van der Waals surface area (Å²) in [6.07, 6.45) is 0.311. The summed E-state index contributed by atoms with van der Waals surface area (Å²) in [7, 11) is -3.50. The van der Waals surface area contributed by atoms with E-state index in [4.69, 9.17) is 16.7 Å². The second kappa shape index (κ2) is 6.03. The molecule has 1 aliphatic carbocycles. The fourth-order valence-electron chi connectivity index (χ4n) is 1.96. The van der Waals surface area contributed by atoms with Crippen molar-refractivity contribution in [2.24, 2.45) is 11.8 Å². The van der Waals surface area contributed by atoms with Gasteiger partial charge in [0.25, 0.3) is 0 Å². The average Bonchev–Trinajstić information content (AvgIpc) is 3.19. The number of carboxylic acids is 1. The Balaban J connectivity index is 1.84. The number of carbonyl (C=O) groups excluding carboxylic acids is 1. The Labute approximate surface area is 127 Å². The first-order valence-corrected chi connectivity index (χ1v) is 8.33. The lowest BCUT2D eigenvalue weighted by molar-refractivity contribution is -0.140. The zero-order chi connectivity index (χ0) is 15.6. The van der Waals surface area contributed by atoms with Gasteiger partial charge in [-0.05, 0) is 30.7 Å². The van der Waals surface area contributed by atoms with Gasteiger partial charge in [-0.3, -0.25) is 9.59 Å². The summed E-state index contributed by atoms with van der Waals surface area (Å²) in [5, 5.41) is 11.6. The van der Waals surface area contributed by atoms with Crippen molar-refractivity contribution in [2.45, 2.75) is 11.3 Å². The van der Waals surface area contributed by atoms with E-state index in [-0.39, 0.29) is 17.2 Å². The van der Waals surface area contributed by atoms with Gasteiger partial charge in [0.15, 0.2) is 9.84 Å². The van der Waals surface area contributed by atoms with E-state index >= 15 is 0 Å². The molecule has 6 nitrogen and oxygen atoms in total. The quantitative estimate of drug-likeness (QED) is 0.808. The zero-order valence-electron chi connectivity index (χ0n) is 11.0. The highest BCUT2D eigenvalue weighted by molar-refractivity contribution is 7.91. The predicted octanol–water partition coefficient (Wildman–Crippen LogP) is 0.951. The van der Waals surface area contributed by atoms with Crippen LogP contribution in [0.2, 0.25) is 5.02 Å². The van der Waals surface area contributed by atoms with E-state index in [0.29, 0.717) is 11.4 Å². The second-order valence-electron chi connectivity index (χ2n) is 4.85. The van der Waals surface area contributed by atoms with E-state index in [0.717, 1.165) is 0 Å². The third kappa shape index (κ3) is 3.95. The maximum atomic E-state index is 12.0. The number of hydrogen-bond acceptors (Lipinski definition) is 4. The molecule has 0 aliphatic heterocycles. The Morgan fingerprint density at radius 1 is 1.24 bits per heavy atom. The Bertz CT molecular complexity index is 656. The summed E-state index contributed by atoms with van der Waals surface area (Å²) in [6.45, 7) is -0.0490. The molecule has 0 spiro atoms. The molecule has 1 aromatic rings. The van der Waals surface area contributed by atoms with Crippen LogP contribution in [0.3, 0.4) is 0 Å². The standard InChI is InChI=1S/C13H14ClNO5S/c14-8-1-3-9(4-2-8)21(19,20)6-5-15-12(16)10-7-11(10)13(17)18/h1-4,10-11H,5-7H2,(H,15,16)(H,17,18)/t10-,11+/m1/s1. The first kappa shape index (κ1) is 15.8. The van der Waals surface area contributed by atoms with Crippen LogP contribution in [0.25, 0.3) is 0 Å². The Morgan fingerprint density at radius 2 is 1.86 bits per heavy atom. The number of rotatable bonds is 6. The predicted molar refractivity (Wildman–Crippen MR) is 75.7 cm³/mol. The van der Waals surface area contributed by atoms with Crippen molar-refractivity contribution in [1.82, 2.24) is 5.32 Å². The highest BCUT2D eigenvalue weighted by Gasteiger charge is 2.48. The van der Waals surface area contributed by atoms with Crippen LogP contribution in [0, 0.1) is 11.8 Å². The number of hydrogen-bond donors (Lipinski definition) is 2. The van der Waals surface area contributed by atoms with E-state index in [1.807, 2.05) is 0 Å². The van der Waals surface area contributed by atoms with E-state index in [9.17, 15) is 18.0 Å². The largest absolute Gasteiger partial charge is 0.481 e. The topological polar surface area (TPSA) is 101 Å². The van der Waals surface area contributed by atoms with Gasteiger partial charge in [-0.15, -0.1) is 0 Å². The van der Waals surface area contributed by atoms with Crippen LogP contribution in [-0.4, -0.2) is 37.7 Å². The lowest BCUT2D eigenvalue weighted by Gasteiger charge is -2.06. The van der Waals surface area contributed by atoms with Crippen LogP contribution >= 0.6 is 11.6 Å². The first-order chi connectivity index (χ1) is 9.81. The van der Waals surface area contributed by atoms with Gasteiger partial charge in [0.05, 0.1) is 22.5 Å². The van der Waals surface area contributed by atoms with Crippen molar-refractivity contribution in [3.63, 3.8) is 0 Å². The lowest BCUT2D eigenvalue weighted by atomic mass is 10.3. The summed E-state index contributed by atoms with van der Waals surface area (Å²) in [4.78, 5) is 22.4. The van der Waals surface area contributed by atoms with Gasteiger partial charge in [-0.25, -0.2) is 8.42 Å². The maximum Gasteiger partial charge on any atom is 0.307 e. The van der Waals surface area contributed by atoms with E-state index < -0.39 is 33.5 Å². The molecule has 1 fully saturated rings. The molecule has 2 atom stereocenters. The molecule has 0 bridgehead atoms. The summed E-state index contributed by atoms with van der Waals surface area (Å²) >= 11 is 5.69. The Hall–Kier alpha value is -1.60. The molecule has 1 aromatic carbocycles. The maximum absolute atomic E-state index is 12.0. The minimum atomic E-state index is -3.50. The molecule has 114 valence electrons. The van der Waals surface area contributed by atoms with Crippen LogP contribution < -0.4 is 5.32 Å². The molecule has 21 heavy (non-hydrogen) atoms. The molecule has 2 rings (SSSR count). The smallest absolute Gasteiger partial charge is 0.307 e. The highest BCUT2D eigenvalue weighted by atomic mass is 35.5. The fraction of sp³-hybridized carbons (Fsp3) is 0.385. The molecule has 1 saturated carbocycles. The van der Waals surface area contributed by atoms with Gasteiger partial charge >= 0.3 is 5.97 Å². The van der Waals surface area contributed by atoms with Crippen molar-refractivity contribution in [3.8, 4) is 0 Å². The SMILES string of the molecule is O=C(O)[C@H]1C[C@H]1C(=O)NCCS(=O)(=O)c1ccc(Cl)cc1. The van der Waals surface area contributed by atoms with Crippen molar-refractivity contribution >= 4 is 33.3 Å². The molecule has 0 saturated heterocycles. The van der Waals surface area contributed by atoms with Gasteiger partial charge in [-0.1, -0.05) is 11.6 Å². The van der Waals surface area contributed by atoms with Crippen molar-refractivity contribution in [3.05, 3.63) is 29.3 Å². The van der Waals surface area contributed by atoms with Crippen LogP contribution in [0.5, 0.6) is 0 Å². The molecule has 1 aliphatic rings. The minimum absolute atomic E-state index is 0.0490. The molecular weight excluding hydrogens is 318 g/mol. The number of carboxylic acid groups (broad SMARTS) is 1. The third-order valence-corrected chi connectivity index (χ3v) is 5.27. The molecule has 8 heteroatoms. The Morgan fingerprint density at radius 3 is 2.38 bits per heavy atom. The fourth-order valence-corrected chi connectivity index (χ4v) is 3.24. The van der Waals surface area contributed by atoms with Gasteiger partial charge < -0.3 is 10.4 Å². The van der Waals surface area contributed by atoms with Crippen LogP contribution in [0.15, 0.2) is 29.2 Å². The van der Waals surface area contributed by atoms with Crippen LogP contribution in [-0.2, 0) is 19.4 Å². The highest BCUT2D eigenvalue weighted by Crippen LogP contribution is 2.38. The monoisotopic (exact) mass is 331 g/mol. The lowest BCUT2D eigenvalue weighted by Crippen LogP contribution is -2.31. The number of carbonyl (C=O) groups is 2. The summed E-state index contributed by atoms with van der Waals surface area (Å²) in [5.41, 5.74) is 0. The summed E-state index contributed by atoms with van der Waals surface area (Å²) in [5.74, 6) is -2.83. The molecule has 2 N–H and O–H groups in total. The average molecular weight is 332 g/mol. The van der Waals surface area contributed by atoms with Crippen molar-refractivity contribution in [2.75, 3.05) is 12.3 Å². The van der Waals surface area contributed by atoms with Crippen LogP contribution in [0.4, 0.5) is 0 Å². The van der Waals surface area contributed by atoms with Crippen LogP contribution in [0.1, 0.15) is 6.42 Å². The molecule has 0 aromatic heterocycles. The Kier molecular flexibility index (Phi) is 4.53. The number of halogens is 1. The molecule has 0 unspecified atom stereocenters. The summed E-state index contributed by atoms with van der Waals surface area (Å²) < 4.78 is 24.0. The van der Waals surface area contributed by atoms with E-state index in [1.165, 1.54) is 24.3 Å². The number of amides is 1. The third-order valence-electron chi connectivity index (χ3n) is 3.29. The van der Waals surface area contributed by atoms with Gasteiger partial charge in [-0.2, -0.15) is 0 Å². The summed E-state index contributed by atoms with van der Waals surface area (Å²) in [6, 6.07) is 5.77.